The van der Waals surface area contributed by atoms with Crippen LogP contribution in [0.4, 0.5) is 4.79 Å². The van der Waals surface area contributed by atoms with Crippen molar-refractivity contribution in [1.29, 1.82) is 0 Å². The molecule has 2 saturated heterocycles. The molecule has 2 saturated carbocycles. The summed E-state index contributed by atoms with van der Waals surface area (Å²) in [5, 5.41) is 2.94. The van der Waals surface area contributed by atoms with E-state index in [0.717, 1.165) is 19.3 Å². The molecule has 2 aliphatic heterocycles. The van der Waals surface area contributed by atoms with E-state index in [1.807, 2.05) is 13.8 Å². The normalized spacial score (nSPS) is 42.4. The summed E-state index contributed by atoms with van der Waals surface area (Å²) in [6, 6.07) is -0.0881. The lowest BCUT2D eigenvalue weighted by molar-refractivity contribution is -0.134. The Morgan fingerprint density at radius 3 is 2.66 bits per heavy atom. The molecule has 4 aliphatic rings. The molecule has 164 valence electrons. The molecular formula is C22H35NO6. The van der Waals surface area contributed by atoms with Crippen LogP contribution in [0.2, 0.25) is 0 Å². The van der Waals surface area contributed by atoms with Gasteiger partial charge in [-0.15, -0.1) is 0 Å². The van der Waals surface area contributed by atoms with E-state index in [1.54, 1.807) is 14.2 Å². The molecule has 1 N–H and O–H groups in total. The largest absolute Gasteiger partial charge is 0.443 e. The molecule has 29 heavy (non-hydrogen) atoms. The molecule has 0 aromatic heterocycles. The first-order valence-electron chi connectivity index (χ1n) is 10.8. The Hall–Kier alpha value is -1.15. The highest BCUT2D eigenvalue weighted by molar-refractivity contribution is 5.68. The Kier molecular flexibility index (Phi) is 5.47. The van der Waals surface area contributed by atoms with Crippen LogP contribution in [0, 0.1) is 11.8 Å². The number of methoxy groups -OCH3 is 2. The zero-order chi connectivity index (χ0) is 21.0. The first kappa shape index (κ1) is 21.1. The zero-order valence-electron chi connectivity index (χ0n) is 18.4. The second-order valence-corrected chi connectivity index (χ2v) is 9.54. The van der Waals surface area contributed by atoms with Gasteiger partial charge in [0.1, 0.15) is 29.5 Å². The Bertz CT molecular complexity index is 676. The van der Waals surface area contributed by atoms with Crippen LogP contribution in [0.5, 0.6) is 0 Å². The zero-order valence-corrected chi connectivity index (χ0v) is 18.4. The third-order valence-corrected chi connectivity index (χ3v) is 7.18. The number of carbonyl (C=O) groups is 1. The van der Waals surface area contributed by atoms with E-state index in [1.165, 1.54) is 5.57 Å². The third-order valence-electron chi connectivity index (χ3n) is 7.18. The average molecular weight is 410 g/mol. The second-order valence-electron chi connectivity index (χ2n) is 9.54. The number of nitrogens with one attached hydrogen (secondary N) is 1. The number of hydrogen-bond acceptors (Lipinski definition) is 6. The molecule has 4 rings (SSSR count). The highest BCUT2D eigenvalue weighted by atomic mass is 16.7. The number of rotatable bonds is 8. The molecule has 2 spiro atoms. The molecule has 7 heteroatoms. The minimum absolute atomic E-state index is 0.0881. The third kappa shape index (κ3) is 3.30. The van der Waals surface area contributed by atoms with Gasteiger partial charge in [0, 0.05) is 14.2 Å². The fourth-order valence-electron chi connectivity index (χ4n) is 5.58. The van der Waals surface area contributed by atoms with Crippen molar-refractivity contribution < 1.29 is 28.5 Å². The van der Waals surface area contributed by atoms with E-state index in [9.17, 15) is 4.79 Å². The second kappa shape index (κ2) is 7.52. The number of ether oxygens (including phenoxy) is 5. The first-order chi connectivity index (χ1) is 13.8. The van der Waals surface area contributed by atoms with Gasteiger partial charge in [-0.25, -0.2) is 4.79 Å². The smallest absolute Gasteiger partial charge is 0.407 e. The van der Waals surface area contributed by atoms with Gasteiger partial charge < -0.3 is 29.0 Å². The van der Waals surface area contributed by atoms with Crippen LogP contribution in [0.3, 0.4) is 0 Å². The fourth-order valence-corrected chi connectivity index (χ4v) is 5.58. The van der Waals surface area contributed by atoms with E-state index in [0.29, 0.717) is 6.61 Å². The summed E-state index contributed by atoms with van der Waals surface area (Å²) < 4.78 is 29.3. The maximum atomic E-state index is 12.6. The van der Waals surface area contributed by atoms with Crippen LogP contribution in [-0.2, 0) is 23.7 Å². The topological polar surface area (TPSA) is 81.9 Å². The minimum atomic E-state index is -0.414. The lowest BCUT2D eigenvalue weighted by atomic mass is 9.55. The molecule has 8 atom stereocenters. The molecule has 5 unspecified atom stereocenters. The summed E-state index contributed by atoms with van der Waals surface area (Å²) in [6.45, 7) is 8.75. The summed E-state index contributed by atoms with van der Waals surface area (Å²) in [4.78, 5) is 12.6. The molecule has 0 bridgehead atoms. The van der Waals surface area contributed by atoms with Gasteiger partial charge in [0.05, 0.1) is 24.7 Å². The number of epoxide rings is 2. The van der Waals surface area contributed by atoms with Gasteiger partial charge in [0.15, 0.2) is 0 Å². The van der Waals surface area contributed by atoms with Gasteiger partial charge in [0.25, 0.3) is 0 Å². The van der Waals surface area contributed by atoms with Crippen LogP contribution in [0.15, 0.2) is 11.6 Å². The van der Waals surface area contributed by atoms with Crippen LogP contribution < -0.4 is 5.32 Å². The quantitative estimate of drug-likeness (QED) is 0.490. The van der Waals surface area contributed by atoms with Gasteiger partial charge in [-0.2, -0.15) is 0 Å². The Balaban J connectivity index is 1.41. The predicted molar refractivity (Wildman–Crippen MR) is 107 cm³/mol. The van der Waals surface area contributed by atoms with Gasteiger partial charge >= 0.3 is 6.09 Å². The summed E-state index contributed by atoms with van der Waals surface area (Å²) in [7, 11) is 3.32. The highest BCUT2D eigenvalue weighted by Crippen LogP contribution is 2.77. The van der Waals surface area contributed by atoms with E-state index in [4.69, 9.17) is 23.7 Å². The van der Waals surface area contributed by atoms with Crippen LogP contribution in [-0.4, -0.2) is 68.6 Å². The lowest BCUT2D eigenvalue weighted by Gasteiger charge is -2.48. The Labute approximate surface area is 173 Å². The number of hydrogen-bond donors (Lipinski definition) is 1. The Morgan fingerprint density at radius 2 is 2.03 bits per heavy atom. The number of amides is 1. The van der Waals surface area contributed by atoms with Crippen molar-refractivity contribution in [3.8, 4) is 0 Å². The molecule has 0 aromatic rings. The van der Waals surface area contributed by atoms with Gasteiger partial charge in [-0.3, -0.25) is 0 Å². The van der Waals surface area contributed by atoms with E-state index in [2.05, 4.69) is 25.2 Å². The SMILES string of the molecule is COC[C@H](NC(=O)OC1CC[C@]23OC2C2(O[C@@H]2CC=C(C)C)C3C1OC)C(C)C. The van der Waals surface area contributed by atoms with Crippen LogP contribution >= 0.6 is 0 Å². The Morgan fingerprint density at radius 1 is 1.28 bits per heavy atom. The average Bonchev–Trinajstić information content (AvgIpc) is 3.54. The van der Waals surface area contributed by atoms with Crippen molar-refractivity contribution in [2.75, 3.05) is 20.8 Å². The number of alkyl carbamates (subject to hydrolysis) is 1. The monoisotopic (exact) mass is 409 g/mol. The maximum Gasteiger partial charge on any atom is 0.407 e. The molecule has 2 heterocycles. The van der Waals surface area contributed by atoms with E-state index < -0.39 is 6.09 Å². The minimum Gasteiger partial charge on any atom is -0.443 e. The molecule has 0 aromatic carbocycles. The first-order valence-corrected chi connectivity index (χ1v) is 10.8. The van der Waals surface area contributed by atoms with Gasteiger partial charge in [-0.1, -0.05) is 25.5 Å². The number of carbonyl (C=O) groups excluding carboxylic acids is 1. The maximum absolute atomic E-state index is 12.6. The van der Waals surface area contributed by atoms with Crippen molar-refractivity contribution in [2.24, 2.45) is 11.8 Å². The van der Waals surface area contributed by atoms with Gasteiger partial charge in [-0.05, 0) is 39.0 Å². The van der Waals surface area contributed by atoms with Crippen molar-refractivity contribution in [3.63, 3.8) is 0 Å². The summed E-state index contributed by atoms with van der Waals surface area (Å²) >= 11 is 0. The molecule has 2 aliphatic carbocycles. The molecule has 0 radical (unpaired) electrons. The highest BCUT2D eigenvalue weighted by Gasteiger charge is 2.94. The molecule has 4 fully saturated rings. The van der Waals surface area contributed by atoms with Gasteiger partial charge in [0.2, 0.25) is 0 Å². The predicted octanol–water partition coefficient (Wildman–Crippen LogP) is 2.82. The van der Waals surface area contributed by atoms with E-state index in [-0.39, 0.29) is 53.5 Å². The fraction of sp³-hybridized carbons (Fsp3) is 0.864. The van der Waals surface area contributed by atoms with Crippen molar-refractivity contribution in [3.05, 3.63) is 11.6 Å². The summed E-state index contributed by atoms with van der Waals surface area (Å²) in [5.41, 5.74) is 0.896. The summed E-state index contributed by atoms with van der Waals surface area (Å²) in [6.07, 6.45) is 4.14. The standard InChI is InChI=1S/C22H35NO6/c1-12(2)7-8-16-22(28-16)18-17(26-6)15(9-10-21(18)19(22)29-21)27-20(24)23-14(11-25-5)13(3)4/h7,13-19H,8-11H2,1-6H3,(H,23,24)/t14-,15?,16+,17?,18?,19?,21+,22?/m0/s1. The van der Waals surface area contributed by atoms with Crippen LogP contribution in [0.25, 0.3) is 0 Å². The van der Waals surface area contributed by atoms with Crippen molar-refractivity contribution in [1.82, 2.24) is 5.32 Å². The van der Waals surface area contributed by atoms with E-state index >= 15 is 0 Å². The lowest BCUT2D eigenvalue weighted by Crippen LogP contribution is -2.66. The molecule has 7 nitrogen and oxygen atoms in total. The molecular weight excluding hydrogens is 374 g/mol. The van der Waals surface area contributed by atoms with Crippen LogP contribution in [0.1, 0.15) is 47.0 Å². The summed E-state index contributed by atoms with van der Waals surface area (Å²) in [5.74, 6) is 0.369. The molecule has 1 amide bonds. The van der Waals surface area contributed by atoms with Crippen molar-refractivity contribution in [2.45, 2.75) is 88.6 Å². The number of allylic oxidation sites excluding steroid dienone is 1. The number of fused-ring (bicyclic) bond motifs is 2. The van der Waals surface area contributed by atoms with Crippen molar-refractivity contribution >= 4 is 6.09 Å².